The Balaban J connectivity index is 2.04. The van der Waals surface area contributed by atoms with Crippen molar-refractivity contribution in [1.82, 2.24) is 23.1 Å². The van der Waals surface area contributed by atoms with Crippen LogP contribution in [0.3, 0.4) is 0 Å². The second kappa shape index (κ2) is 7.14. The van der Waals surface area contributed by atoms with E-state index in [2.05, 4.69) is 4.98 Å². The van der Waals surface area contributed by atoms with Gasteiger partial charge in [-0.2, -0.15) is 18.2 Å². The second-order valence-corrected chi connectivity index (χ2v) is 7.62. The fraction of sp³-hybridized carbons (Fsp3) is 0.381. The van der Waals surface area contributed by atoms with Crippen LogP contribution in [0.15, 0.2) is 33.9 Å². The summed E-state index contributed by atoms with van der Waals surface area (Å²) in [7, 11) is 1.56. The van der Waals surface area contributed by atoms with E-state index >= 15 is 0 Å². The van der Waals surface area contributed by atoms with Gasteiger partial charge in [0.2, 0.25) is 5.78 Å². The largest absolute Gasteiger partial charge is 0.416 e. The van der Waals surface area contributed by atoms with Gasteiger partial charge in [-0.15, -0.1) is 0 Å². The molecule has 0 N–H and O–H groups in total. The molecule has 10 heteroatoms. The molecule has 0 bridgehead atoms. The van der Waals surface area contributed by atoms with Gasteiger partial charge in [-0.05, 0) is 44.5 Å². The molecule has 0 aliphatic heterocycles. The average Bonchev–Trinajstić information content (AvgIpc) is 3.22. The monoisotopic (exact) mass is 433 g/mol. The van der Waals surface area contributed by atoms with Gasteiger partial charge >= 0.3 is 11.9 Å². The van der Waals surface area contributed by atoms with Crippen molar-refractivity contribution in [2.45, 2.75) is 46.3 Å². The zero-order chi connectivity index (χ0) is 22.7. The standard InChI is InChI=1S/C21H22F3N5O2/c1-5-6-11-27-18(30)16-17(26(4)20(27)31)25-19-28(12(2)13(3)29(16)19)15-9-7-14(8-10-15)21(22,23)24/h7-10H,5-6,11H2,1-4H3. The van der Waals surface area contributed by atoms with Gasteiger partial charge in [0.15, 0.2) is 11.2 Å². The van der Waals surface area contributed by atoms with Gasteiger partial charge in [-0.3, -0.25) is 22.9 Å². The van der Waals surface area contributed by atoms with Gasteiger partial charge in [0.05, 0.1) is 5.56 Å². The van der Waals surface area contributed by atoms with E-state index in [-0.39, 0.29) is 11.2 Å². The van der Waals surface area contributed by atoms with Crippen LogP contribution in [0.4, 0.5) is 13.2 Å². The molecular formula is C21H22F3N5O2. The minimum atomic E-state index is -4.43. The number of hydrogen-bond acceptors (Lipinski definition) is 3. The molecule has 0 spiro atoms. The molecule has 0 aliphatic carbocycles. The maximum atomic E-state index is 13.2. The van der Waals surface area contributed by atoms with E-state index in [9.17, 15) is 22.8 Å². The number of aryl methyl sites for hydroxylation is 2. The first-order chi connectivity index (χ1) is 14.6. The van der Waals surface area contributed by atoms with Crippen molar-refractivity contribution in [3.63, 3.8) is 0 Å². The molecule has 3 aromatic heterocycles. The maximum absolute atomic E-state index is 13.2. The van der Waals surface area contributed by atoms with Gasteiger partial charge in [0.1, 0.15) is 0 Å². The van der Waals surface area contributed by atoms with E-state index in [1.54, 1.807) is 16.0 Å². The molecule has 0 saturated carbocycles. The summed E-state index contributed by atoms with van der Waals surface area (Å²) >= 11 is 0. The molecule has 0 unspecified atom stereocenters. The van der Waals surface area contributed by atoms with Gasteiger partial charge in [0.25, 0.3) is 5.56 Å². The van der Waals surface area contributed by atoms with Crippen molar-refractivity contribution in [2.75, 3.05) is 0 Å². The fourth-order valence-electron chi connectivity index (χ4n) is 3.87. The molecule has 1 aromatic carbocycles. The Bertz CT molecular complexity index is 1420. The summed E-state index contributed by atoms with van der Waals surface area (Å²) in [6, 6.07) is 4.76. The van der Waals surface area contributed by atoms with Crippen molar-refractivity contribution in [2.24, 2.45) is 7.05 Å². The maximum Gasteiger partial charge on any atom is 0.416 e. The number of hydrogen-bond donors (Lipinski definition) is 0. The molecule has 0 atom stereocenters. The quantitative estimate of drug-likeness (QED) is 0.494. The van der Waals surface area contributed by atoms with E-state index in [1.165, 1.54) is 21.3 Å². The summed E-state index contributed by atoms with van der Waals surface area (Å²) in [5.74, 6) is 0.366. The number of rotatable bonds is 4. The lowest BCUT2D eigenvalue weighted by molar-refractivity contribution is -0.137. The van der Waals surface area contributed by atoms with E-state index in [1.807, 2.05) is 20.8 Å². The van der Waals surface area contributed by atoms with Crippen molar-refractivity contribution < 1.29 is 13.2 Å². The first-order valence-corrected chi connectivity index (χ1v) is 9.95. The Morgan fingerprint density at radius 1 is 1.03 bits per heavy atom. The molecule has 3 heterocycles. The fourth-order valence-corrected chi connectivity index (χ4v) is 3.87. The molecular weight excluding hydrogens is 411 g/mol. The molecule has 0 aliphatic rings. The van der Waals surface area contributed by atoms with Crippen LogP contribution < -0.4 is 11.2 Å². The van der Waals surface area contributed by atoms with Crippen LogP contribution >= 0.6 is 0 Å². The third kappa shape index (κ3) is 3.08. The Morgan fingerprint density at radius 2 is 1.68 bits per heavy atom. The molecule has 7 nitrogen and oxygen atoms in total. The highest BCUT2D eigenvalue weighted by Gasteiger charge is 2.30. The number of aromatic nitrogens is 5. The van der Waals surface area contributed by atoms with Crippen LogP contribution in [0.25, 0.3) is 22.6 Å². The summed E-state index contributed by atoms with van der Waals surface area (Å²) in [6.45, 7) is 5.90. The van der Waals surface area contributed by atoms with Crippen LogP contribution in [-0.4, -0.2) is 23.1 Å². The van der Waals surface area contributed by atoms with Crippen molar-refractivity contribution in [3.05, 3.63) is 62.1 Å². The molecule has 0 radical (unpaired) electrons. The summed E-state index contributed by atoms with van der Waals surface area (Å²) in [5, 5.41) is 0. The second-order valence-electron chi connectivity index (χ2n) is 7.62. The van der Waals surface area contributed by atoms with Crippen molar-refractivity contribution in [1.29, 1.82) is 0 Å². The van der Waals surface area contributed by atoms with Crippen LogP contribution in [0.1, 0.15) is 36.7 Å². The predicted molar refractivity (Wildman–Crippen MR) is 111 cm³/mol. The van der Waals surface area contributed by atoms with Crippen LogP contribution in [0, 0.1) is 13.8 Å². The molecule has 31 heavy (non-hydrogen) atoms. The third-order valence-corrected chi connectivity index (χ3v) is 5.71. The highest BCUT2D eigenvalue weighted by molar-refractivity contribution is 5.77. The first kappa shape index (κ1) is 21.0. The van der Waals surface area contributed by atoms with Crippen LogP contribution in [0.5, 0.6) is 0 Å². The van der Waals surface area contributed by atoms with E-state index in [4.69, 9.17) is 0 Å². The van der Waals surface area contributed by atoms with Gasteiger partial charge < -0.3 is 0 Å². The molecule has 0 saturated heterocycles. The number of unbranched alkanes of at least 4 members (excludes halogenated alkanes) is 1. The predicted octanol–water partition coefficient (Wildman–Crippen LogP) is 3.57. The molecule has 164 valence electrons. The number of alkyl halides is 3. The average molecular weight is 433 g/mol. The topological polar surface area (TPSA) is 66.2 Å². The Labute approximate surface area is 175 Å². The first-order valence-electron chi connectivity index (χ1n) is 9.95. The van der Waals surface area contributed by atoms with Gasteiger partial charge in [-0.25, -0.2) is 4.79 Å². The van der Waals surface area contributed by atoms with Crippen molar-refractivity contribution in [3.8, 4) is 5.69 Å². The number of fused-ring (bicyclic) bond motifs is 3. The normalized spacial score (nSPS) is 12.4. The zero-order valence-electron chi connectivity index (χ0n) is 17.6. The molecule has 0 amide bonds. The number of nitrogens with zero attached hydrogens (tertiary/aromatic N) is 5. The number of halogens is 3. The lowest BCUT2D eigenvalue weighted by Crippen LogP contribution is -2.39. The minimum Gasteiger partial charge on any atom is -0.283 e. The molecule has 4 aromatic rings. The Kier molecular flexibility index (Phi) is 4.83. The Hall–Kier alpha value is -3.30. The minimum absolute atomic E-state index is 0.238. The number of imidazole rings is 2. The summed E-state index contributed by atoms with van der Waals surface area (Å²) in [6.07, 6.45) is -2.91. The molecule has 4 rings (SSSR count). The number of benzene rings is 1. The van der Waals surface area contributed by atoms with Crippen LogP contribution in [0.2, 0.25) is 0 Å². The third-order valence-electron chi connectivity index (χ3n) is 5.71. The van der Waals surface area contributed by atoms with Gasteiger partial charge in [-0.1, -0.05) is 13.3 Å². The van der Waals surface area contributed by atoms with E-state index < -0.39 is 23.0 Å². The van der Waals surface area contributed by atoms with Crippen LogP contribution in [-0.2, 0) is 19.8 Å². The highest BCUT2D eigenvalue weighted by Crippen LogP contribution is 2.31. The smallest absolute Gasteiger partial charge is 0.283 e. The van der Waals surface area contributed by atoms with Crippen molar-refractivity contribution >= 4 is 16.9 Å². The van der Waals surface area contributed by atoms with E-state index in [0.717, 1.165) is 29.9 Å². The lowest BCUT2D eigenvalue weighted by atomic mass is 10.2. The zero-order valence-corrected chi connectivity index (χ0v) is 17.6. The molecule has 0 fully saturated rings. The summed E-state index contributed by atoms with van der Waals surface area (Å²) in [5.41, 5.74) is 0.835. The van der Waals surface area contributed by atoms with E-state index in [0.29, 0.717) is 24.4 Å². The SMILES string of the molecule is CCCCn1c(=O)c2c(nc3n(-c4ccc(C(F)(F)F)cc4)c(C)c(C)n23)n(C)c1=O. The highest BCUT2D eigenvalue weighted by atomic mass is 19.4. The summed E-state index contributed by atoms with van der Waals surface area (Å²) < 4.78 is 44.8. The van der Waals surface area contributed by atoms with Gasteiger partial charge in [0, 0.05) is 30.7 Å². The lowest BCUT2D eigenvalue weighted by Gasteiger charge is -2.10. The Morgan fingerprint density at radius 3 is 2.26 bits per heavy atom. The summed E-state index contributed by atoms with van der Waals surface area (Å²) in [4.78, 5) is 30.5.